The topological polar surface area (TPSA) is 91.8 Å². The average molecular weight is 477 g/mol. The van der Waals surface area contributed by atoms with Crippen molar-refractivity contribution < 1.29 is 21.9 Å². The molecule has 22 heavy (non-hydrogen) atoms. The lowest BCUT2D eigenvalue weighted by Gasteiger charge is -2.27. The van der Waals surface area contributed by atoms with E-state index in [0.717, 1.165) is 4.31 Å². The molecule has 1 aliphatic heterocycles. The number of aliphatic hydroxyl groups is 1. The van der Waals surface area contributed by atoms with Crippen LogP contribution in [0.3, 0.4) is 0 Å². The van der Waals surface area contributed by atoms with Gasteiger partial charge in [0.1, 0.15) is 0 Å². The molecule has 0 radical (unpaired) electrons. The van der Waals surface area contributed by atoms with Gasteiger partial charge in [-0.2, -0.15) is 4.31 Å². The summed E-state index contributed by atoms with van der Waals surface area (Å²) in [6, 6.07) is 4.10. The third-order valence-corrected chi connectivity index (χ3v) is 8.61. The molecule has 1 aliphatic rings. The van der Waals surface area contributed by atoms with E-state index in [1.807, 2.05) is 0 Å². The molecule has 0 bridgehead atoms. The predicted molar refractivity (Wildman–Crippen MR) is 89.9 cm³/mol. The number of hydrogen-bond acceptors (Lipinski definition) is 5. The van der Waals surface area contributed by atoms with Crippen LogP contribution in [-0.2, 0) is 19.9 Å². The fourth-order valence-corrected chi connectivity index (χ4v) is 7.34. The number of halogens is 2. The summed E-state index contributed by atoms with van der Waals surface area (Å²) in [5, 5.41) is 9.18. The van der Waals surface area contributed by atoms with Gasteiger partial charge in [-0.3, -0.25) is 0 Å². The Hall–Kier alpha value is -0.000000000000000111. The van der Waals surface area contributed by atoms with Crippen LogP contribution in [-0.4, -0.2) is 56.9 Å². The molecule has 0 saturated carbocycles. The summed E-state index contributed by atoms with van der Waals surface area (Å²) in [5.74, 6) is -0.243. The molecule has 1 fully saturated rings. The van der Waals surface area contributed by atoms with E-state index in [4.69, 9.17) is 0 Å². The van der Waals surface area contributed by atoms with E-state index in [1.54, 1.807) is 12.1 Å². The van der Waals surface area contributed by atoms with Gasteiger partial charge in [-0.1, -0.05) is 15.9 Å². The number of rotatable bonds is 5. The van der Waals surface area contributed by atoms with Crippen molar-refractivity contribution in [2.75, 3.05) is 24.7 Å². The van der Waals surface area contributed by atoms with Crippen LogP contribution in [0.1, 0.15) is 6.42 Å². The van der Waals surface area contributed by atoms with Crippen molar-refractivity contribution >= 4 is 51.7 Å². The van der Waals surface area contributed by atoms with Crippen molar-refractivity contribution in [2.24, 2.45) is 0 Å². The standard InChI is InChI=1S/C12H15Br2NO5S2/c13-9-1-2-11(14)12(7-9)22(19,20)15(4-5-16)10-3-6-21(17,18)8-10/h1-2,7,10,16H,3-6,8H2/t10-/m1/s1. The first-order valence-electron chi connectivity index (χ1n) is 6.45. The minimum Gasteiger partial charge on any atom is -0.395 e. The Morgan fingerprint density at radius 3 is 2.55 bits per heavy atom. The maximum absolute atomic E-state index is 12.9. The van der Waals surface area contributed by atoms with Crippen LogP contribution in [0.5, 0.6) is 0 Å². The lowest BCUT2D eigenvalue weighted by molar-refractivity contribution is 0.232. The summed E-state index contributed by atoms with van der Waals surface area (Å²) < 4.78 is 51.1. The van der Waals surface area contributed by atoms with Gasteiger partial charge in [-0.05, 0) is 40.5 Å². The van der Waals surface area contributed by atoms with Gasteiger partial charge in [0.05, 0.1) is 23.0 Å². The second kappa shape index (κ2) is 6.86. The van der Waals surface area contributed by atoms with Crippen molar-refractivity contribution in [1.29, 1.82) is 0 Å². The van der Waals surface area contributed by atoms with E-state index in [1.165, 1.54) is 6.07 Å². The molecule has 0 unspecified atom stereocenters. The van der Waals surface area contributed by atoms with Crippen molar-refractivity contribution in [3.8, 4) is 0 Å². The van der Waals surface area contributed by atoms with Crippen molar-refractivity contribution in [1.82, 2.24) is 4.31 Å². The minimum absolute atomic E-state index is 0.0330. The van der Waals surface area contributed by atoms with Crippen LogP contribution in [0.15, 0.2) is 32.0 Å². The number of nitrogens with zero attached hydrogens (tertiary/aromatic N) is 1. The summed E-state index contributed by atoms with van der Waals surface area (Å²) in [6.45, 7) is -0.511. The fraction of sp³-hybridized carbons (Fsp3) is 0.500. The summed E-state index contributed by atoms with van der Waals surface area (Å²) in [4.78, 5) is 0.0413. The van der Waals surface area contributed by atoms with Gasteiger partial charge in [0, 0.05) is 21.5 Å². The zero-order valence-corrected chi connectivity index (χ0v) is 16.2. The second-order valence-corrected chi connectivity index (χ2v) is 10.8. The van der Waals surface area contributed by atoms with Gasteiger partial charge in [0.25, 0.3) is 0 Å². The summed E-state index contributed by atoms with van der Waals surface area (Å²) >= 11 is 6.44. The third-order valence-electron chi connectivity index (χ3n) is 3.42. The van der Waals surface area contributed by atoms with E-state index in [-0.39, 0.29) is 36.0 Å². The lowest BCUT2D eigenvalue weighted by atomic mass is 10.3. The minimum atomic E-state index is -3.92. The summed E-state index contributed by atoms with van der Waals surface area (Å²) in [7, 11) is -7.15. The van der Waals surface area contributed by atoms with Crippen LogP contribution >= 0.6 is 31.9 Å². The quantitative estimate of drug-likeness (QED) is 0.693. The normalized spacial score (nSPS) is 21.4. The van der Waals surface area contributed by atoms with E-state index < -0.39 is 25.9 Å². The number of sulfonamides is 1. The SMILES string of the molecule is O=S1(=O)CC[C@@H](N(CCO)S(=O)(=O)c2cc(Br)ccc2Br)C1. The Kier molecular flexibility index (Phi) is 5.72. The maximum Gasteiger partial charge on any atom is 0.244 e. The first-order valence-corrected chi connectivity index (χ1v) is 11.3. The van der Waals surface area contributed by atoms with Crippen molar-refractivity contribution in [3.05, 3.63) is 27.1 Å². The van der Waals surface area contributed by atoms with Crippen LogP contribution in [0.2, 0.25) is 0 Å². The first kappa shape index (κ1) is 18.3. The van der Waals surface area contributed by atoms with Gasteiger partial charge in [0.2, 0.25) is 10.0 Å². The third kappa shape index (κ3) is 3.90. The molecule has 0 aliphatic carbocycles. The molecule has 1 aromatic rings. The average Bonchev–Trinajstić information content (AvgIpc) is 2.78. The molecule has 0 aromatic heterocycles. The van der Waals surface area contributed by atoms with Crippen molar-refractivity contribution in [2.45, 2.75) is 17.4 Å². The van der Waals surface area contributed by atoms with Crippen LogP contribution < -0.4 is 0 Å². The highest BCUT2D eigenvalue weighted by Gasteiger charge is 2.39. The van der Waals surface area contributed by atoms with Gasteiger partial charge in [-0.15, -0.1) is 0 Å². The van der Waals surface area contributed by atoms with Crippen LogP contribution in [0.25, 0.3) is 0 Å². The maximum atomic E-state index is 12.9. The van der Waals surface area contributed by atoms with Crippen LogP contribution in [0.4, 0.5) is 0 Å². The fourth-order valence-electron chi connectivity index (χ4n) is 2.40. The molecule has 2 rings (SSSR count). The van der Waals surface area contributed by atoms with Gasteiger partial charge in [-0.25, -0.2) is 16.8 Å². The predicted octanol–water partition coefficient (Wildman–Crippen LogP) is 1.38. The van der Waals surface area contributed by atoms with Crippen molar-refractivity contribution in [3.63, 3.8) is 0 Å². The Morgan fingerprint density at radius 1 is 1.32 bits per heavy atom. The highest BCUT2D eigenvalue weighted by molar-refractivity contribution is 9.11. The highest BCUT2D eigenvalue weighted by atomic mass is 79.9. The van der Waals surface area contributed by atoms with Gasteiger partial charge in [0.15, 0.2) is 9.84 Å². The van der Waals surface area contributed by atoms with E-state index in [2.05, 4.69) is 31.9 Å². The second-order valence-electron chi connectivity index (χ2n) is 4.97. The van der Waals surface area contributed by atoms with E-state index in [9.17, 15) is 21.9 Å². The monoisotopic (exact) mass is 475 g/mol. The smallest absolute Gasteiger partial charge is 0.244 e. The molecular weight excluding hydrogens is 462 g/mol. The largest absolute Gasteiger partial charge is 0.395 e. The number of sulfone groups is 1. The molecule has 1 saturated heterocycles. The molecule has 1 N–H and O–H groups in total. The molecule has 10 heteroatoms. The summed E-state index contributed by atoms with van der Waals surface area (Å²) in [6.07, 6.45) is 0.243. The Bertz CT molecular complexity index is 764. The molecule has 124 valence electrons. The molecular formula is C12H15Br2NO5S2. The lowest BCUT2D eigenvalue weighted by Crippen LogP contribution is -2.42. The molecule has 0 amide bonds. The molecule has 0 spiro atoms. The zero-order chi connectivity index (χ0) is 16.5. The molecule has 1 atom stereocenters. The molecule has 6 nitrogen and oxygen atoms in total. The van der Waals surface area contributed by atoms with Gasteiger partial charge < -0.3 is 5.11 Å². The summed E-state index contributed by atoms with van der Waals surface area (Å²) in [5.41, 5.74) is 0. The Morgan fingerprint density at radius 2 is 2.00 bits per heavy atom. The Balaban J connectivity index is 2.45. The number of hydrogen-bond donors (Lipinski definition) is 1. The Labute approximate surface area is 146 Å². The van der Waals surface area contributed by atoms with Gasteiger partial charge >= 0.3 is 0 Å². The van der Waals surface area contributed by atoms with E-state index >= 15 is 0 Å². The molecule has 1 heterocycles. The van der Waals surface area contributed by atoms with E-state index in [0.29, 0.717) is 8.95 Å². The number of aliphatic hydroxyl groups excluding tert-OH is 1. The molecule has 1 aromatic carbocycles. The highest BCUT2D eigenvalue weighted by Crippen LogP contribution is 2.31. The van der Waals surface area contributed by atoms with Crippen LogP contribution in [0, 0.1) is 0 Å². The first-order chi connectivity index (χ1) is 10.2. The zero-order valence-electron chi connectivity index (χ0n) is 11.4. The number of benzene rings is 1.